The van der Waals surface area contributed by atoms with Crippen LogP contribution < -0.4 is 5.73 Å². The van der Waals surface area contributed by atoms with E-state index in [-0.39, 0.29) is 32.3 Å². The van der Waals surface area contributed by atoms with Crippen LogP contribution in [0.1, 0.15) is 251 Å². The Bertz CT molecular complexity index is 1190. The highest BCUT2D eigenvalue weighted by molar-refractivity contribution is 7.47. The molecule has 2 unspecified atom stereocenters. The maximum Gasteiger partial charge on any atom is 0.472 e. The molecule has 0 aliphatic heterocycles. The lowest BCUT2D eigenvalue weighted by atomic mass is 10.0. The molecule has 0 amide bonds. The summed E-state index contributed by atoms with van der Waals surface area (Å²) in [7, 11) is -4.29. The number of phosphoric acid groups is 1. The van der Waals surface area contributed by atoms with Crippen molar-refractivity contribution in [1.82, 2.24) is 0 Å². The minimum atomic E-state index is -4.29. The molecule has 3 N–H and O–H groups in total. The Kier molecular flexibility index (Phi) is 51.7. The van der Waals surface area contributed by atoms with Crippen molar-refractivity contribution in [2.45, 2.75) is 258 Å². The molecule has 0 saturated heterocycles. The van der Waals surface area contributed by atoms with Gasteiger partial charge >= 0.3 is 13.8 Å². The summed E-state index contributed by atoms with van der Waals surface area (Å²) in [5, 5.41) is 0. The molecule has 380 valence electrons. The fraction of sp³-hybridized carbons (Fsp3) is 0.804. The predicted octanol–water partition coefficient (Wildman–Crippen LogP) is 17.3. The van der Waals surface area contributed by atoms with E-state index in [0.717, 1.165) is 64.2 Å². The lowest BCUT2D eigenvalue weighted by Crippen LogP contribution is -2.28. The van der Waals surface area contributed by atoms with Crippen molar-refractivity contribution in [3.63, 3.8) is 0 Å². The maximum absolute atomic E-state index is 12.7. The summed E-state index contributed by atoms with van der Waals surface area (Å²) < 4.78 is 33.7. The van der Waals surface area contributed by atoms with E-state index in [4.69, 9.17) is 24.3 Å². The monoisotopic (exact) mass is 934 g/mol. The largest absolute Gasteiger partial charge is 0.472 e. The molecule has 0 fully saturated rings. The Balaban J connectivity index is 3.91. The molecular formula is C56H104NO7P. The van der Waals surface area contributed by atoms with Gasteiger partial charge in [-0.05, 0) is 57.8 Å². The molecule has 0 radical (unpaired) electrons. The van der Waals surface area contributed by atoms with Crippen LogP contribution in [0.5, 0.6) is 0 Å². The smallest absolute Gasteiger partial charge is 0.457 e. The van der Waals surface area contributed by atoms with Crippen molar-refractivity contribution >= 4 is 13.8 Å². The fourth-order valence-corrected chi connectivity index (χ4v) is 8.50. The van der Waals surface area contributed by atoms with E-state index < -0.39 is 13.9 Å². The number of carbonyl (C=O) groups is 1. The molecule has 0 aliphatic carbocycles. The zero-order chi connectivity index (χ0) is 47.3. The first-order valence-electron chi connectivity index (χ1n) is 27.3. The molecule has 0 aromatic heterocycles. The van der Waals surface area contributed by atoms with Gasteiger partial charge in [-0.15, -0.1) is 0 Å². The molecule has 0 aromatic carbocycles. The number of esters is 1. The van der Waals surface area contributed by atoms with E-state index in [0.29, 0.717) is 13.0 Å². The van der Waals surface area contributed by atoms with Gasteiger partial charge in [-0.25, -0.2) is 4.57 Å². The molecule has 2 atom stereocenters. The van der Waals surface area contributed by atoms with Gasteiger partial charge in [0.05, 0.1) is 19.8 Å². The van der Waals surface area contributed by atoms with Crippen LogP contribution in [0.3, 0.4) is 0 Å². The highest BCUT2D eigenvalue weighted by Crippen LogP contribution is 2.43. The number of hydrogen-bond acceptors (Lipinski definition) is 7. The Labute approximate surface area is 402 Å². The minimum Gasteiger partial charge on any atom is -0.457 e. The van der Waals surface area contributed by atoms with E-state index >= 15 is 0 Å². The summed E-state index contributed by atoms with van der Waals surface area (Å²) in [6.45, 7) is 4.84. The Morgan fingerprint density at radius 1 is 0.477 bits per heavy atom. The molecule has 0 saturated carbocycles. The topological polar surface area (TPSA) is 117 Å². The zero-order valence-corrected chi connectivity index (χ0v) is 43.4. The van der Waals surface area contributed by atoms with Crippen molar-refractivity contribution < 1.29 is 32.8 Å². The van der Waals surface area contributed by atoms with Crippen LogP contribution in [-0.2, 0) is 27.9 Å². The van der Waals surface area contributed by atoms with Crippen LogP contribution in [-0.4, -0.2) is 49.9 Å². The van der Waals surface area contributed by atoms with Crippen LogP contribution in [0.25, 0.3) is 0 Å². The maximum atomic E-state index is 12.7. The number of phosphoric ester groups is 1. The number of hydrogen-bond donors (Lipinski definition) is 2. The fourth-order valence-electron chi connectivity index (χ4n) is 7.73. The Hall–Kier alpha value is -1.80. The summed E-state index contributed by atoms with van der Waals surface area (Å²) in [4.78, 5) is 22.6. The lowest BCUT2D eigenvalue weighted by Gasteiger charge is -2.20. The second-order valence-corrected chi connectivity index (χ2v) is 19.5. The number of rotatable bonds is 52. The van der Waals surface area contributed by atoms with Crippen molar-refractivity contribution in [2.24, 2.45) is 5.73 Å². The van der Waals surface area contributed by atoms with Gasteiger partial charge in [-0.1, -0.05) is 248 Å². The third-order valence-electron chi connectivity index (χ3n) is 11.7. The summed E-state index contributed by atoms with van der Waals surface area (Å²) in [6.07, 6.45) is 66.9. The number of carbonyl (C=O) groups excluding carboxylic acids is 1. The average molecular weight is 934 g/mol. The molecular weight excluding hydrogens is 830 g/mol. The molecule has 0 aromatic rings. The third-order valence-corrected chi connectivity index (χ3v) is 12.7. The van der Waals surface area contributed by atoms with E-state index in [2.05, 4.69) is 74.6 Å². The van der Waals surface area contributed by atoms with Crippen molar-refractivity contribution in [2.75, 3.05) is 33.0 Å². The summed E-state index contributed by atoms with van der Waals surface area (Å²) >= 11 is 0. The molecule has 0 spiro atoms. The van der Waals surface area contributed by atoms with Crippen molar-refractivity contribution in [1.29, 1.82) is 0 Å². The van der Waals surface area contributed by atoms with Gasteiger partial charge in [0, 0.05) is 19.6 Å². The summed E-state index contributed by atoms with van der Waals surface area (Å²) in [6, 6.07) is 0. The van der Waals surface area contributed by atoms with E-state index in [1.54, 1.807) is 0 Å². The second-order valence-electron chi connectivity index (χ2n) is 18.1. The SMILES string of the molecule is CC/C=C\C/C=C\C/C=C\C/C=C\C/C=C\CCCCCCCCCCCCOCC(COP(=O)(O)OCCN)OC(=O)CCCCCCCCCCCCCCCCCCCCCC. The molecule has 9 heteroatoms. The van der Waals surface area contributed by atoms with Crippen LogP contribution >= 0.6 is 7.82 Å². The quantitative estimate of drug-likeness (QED) is 0.0268. The first kappa shape index (κ1) is 63.2. The van der Waals surface area contributed by atoms with Gasteiger partial charge in [-0.3, -0.25) is 13.8 Å². The molecule has 0 heterocycles. The normalized spacial score (nSPS) is 13.7. The molecule has 0 aliphatic rings. The molecule has 65 heavy (non-hydrogen) atoms. The average Bonchev–Trinajstić information content (AvgIpc) is 3.30. The number of ether oxygens (including phenoxy) is 2. The van der Waals surface area contributed by atoms with Crippen LogP contribution in [0.4, 0.5) is 0 Å². The van der Waals surface area contributed by atoms with Gasteiger partial charge in [0.15, 0.2) is 0 Å². The van der Waals surface area contributed by atoms with Crippen molar-refractivity contribution in [3.8, 4) is 0 Å². The number of nitrogens with two attached hydrogens (primary N) is 1. The van der Waals surface area contributed by atoms with E-state index in [1.165, 1.54) is 167 Å². The minimum absolute atomic E-state index is 0.0966. The summed E-state index contributed by atoms with van der Waals surface area (Å²) in [5.74, 6) is -0.328. The van der Waals surface area contributed by atoms with Crippen LogP contribution in [0.15, 0.2) is 60.8 Å². The highest BCUT2D eigenvalue weighted by Gasteiger charge is 2.25. The third kappa shape index (κ3) is 53.0. The number of unbranched alkanes of at least 4 members (excludes halogenated alkanes) is 29. The highest BCUT2D eigenvalue weighted by atomic mass is 31.2. The molecule has 0 bridgehead atoms. The standard InChI is InChI=1S/C56H104NO7P/c1-3-5-7-9-11-13-15-17-19-21-23-25-26-27-28-29-30-32-34-36-38-40-42-44-46-48-51-61-53-55(54-63-65(59,60)62-52-50-57)64-56(58)49-47-45-43-41-39-37-35-33-31-24-22-20-18-16-14-12-10-8-6-4-2/h5,7,11,13,17,19,23,25,27-28,55H,3-4,6,8-10,12,14-16,18,20-22,24,26,29-54,57H2,1-2H3,(H,59,60)/b7-5-,13-11-,19-17-,25-23-,28-27-. The molecule has 0 rings (SSSR count). The van der Waals surface area contributed by atoms with E-state index in [9.17, 15) is 14.3 Å². The van der Waals surface area contributed by atoms with Crippen LogP contribution in [0, 0.1) is 0 Å². The summed E-state index contributed by atoms with van der Waals surface area (Å²) in [5.41, 5.74) is 5.40. The van der Waals surface area contributed by atoms with Gasteiger partial charge < -0.3 is 20.1 Å². The zero-order valence-electron chi connectivity index (χ0n) is 42.5. The van der Waals surface area contributed by atoms with Gasteiger partial charge in [-0.2, -0.15) is 0 Å². The first-order chi connectivity index (χ1) is 31.9. The first-order valence-corrected chi connectivity index (χ1v) is 28.8. The Morgan fingerprint density at radius 3 is 1.29 bits per heavy atom. The van der Waals surface area contributed by atoms with E-state index in [1.807, 2.05) is 0 Å². The predicted molar refractivity (Wildman–Crippen MR) is 279 cm³/mol. The van der Waals surface area contributed by atoms with Gasteiger partial charge in [0.1, 0.15) is 6.10 Å². The Morgan fingerprint density at radius 2 is 0.862 bits per heavy atom. The van der Waals surface area contributed by atoms with Gasteiger partial charge in [0.25, 0.3) is 0 Å². The second kappa shape index (κ2) is 53.2. The van der Waals surface area contributed by atoms with Gasteiger partial charge in [0.2, 0.25) is 0 Å². The molecule has 8 nitrogen and oxygen atoms in total. The lowest BCUT2D eigenvalue weighted by molar-refractivity contribution is -0.154. The van der Waals surface area contributed by atoms with Crippen molar-refractivity contribution in [3.05, 3.63) is 60.8 Å². The number of allylic oxidation sites excluding steroid dienone is 10. The van der Waals surface area contributed by atoms with Crippen LogP contribution in [0.2, 0.25) is 0 Å².